The first-order valence-electron chi connectivity index (χ1n) is 49.1. The molecule has 0 spiro atoms. The Balaban J connectivity index is 5.15. The first-order valence-corrected chi connectivity index (χ1v) is 52.1. The Labute approximate surface area is 702 Å². The molecule has 19 heteroatoms. The molecule has 0 bridgehead atoms. The Bertz CT molecular complexity index is 2170. The monoisotopic (exact) mass is 1660 g/mol. The normalized spacial score (nSPS) is 14.1. The lowest BCUT2D eigenvalue weighted by Crippen LogP contribution is -2.30. The molecule has 0 rings (SSSR count). The van der Waals surface area contributed by atoms with Crippen LogP contribution in [0, 0.1) is 11.8 Å². The van der Waals surface area contributed by atoms with E-state index in [1.165, 1.54) is 334 Å². The van der Waals surface area contributed by atoms with Crippen LogP contribution >= 0.6 is 15.6 Å². The standard InChI is InChI=1S/C95H186O17P2/c1-7-11-13-15-17-19-20-21-22-23-24-25-26-27-35-40-45-50-55-61-67-73-79-94(99)111-90(83-105-92(97)77-71-65-59-18-16-14-12-8-2)85-109-113(101,102)107-81-89(96)82-108-114(103,104)110-86-91(112-95(100)80-74-68-62-56-51-46-41-36-31-29-33-38-43-48-53-58-64-70-76-88(6)10-4)84-106-93(98)78-72-66-60-54-49-44-39-34-30-28-32-37-42-47-52-57-63-69-75-87(5)9-3/h87-91,96H,7-86H2,1-6H3,(H,101,102)(H,103,104)/t87?,88?,89-,90+,91+/m0/s1. The highest BCUT2D eigenvalue weighted by Crippen LogP contribution is 2.45. The van der Waals surface area contributed by atoms with Crippen molar-refractivity contribution < 1.29 is 80.2 Å². The van der Waals surface area contributed by atoms with Crippen molar-refractivity contribution >= 4 is 39.5 Å². The van der Waals surface area contributed by atoms with Gasteiger partial charge in [0, 0.05) is 25.7 Å². The summed E-state index contributed by atoms with van der Waals surface area (Å²) in [4.78, 5) is 73.4. The molecule has 0 saturated heterocycles. The number of unbranched alkanes of at least 4 members (excludes halogenated alkanes) is 62. The molecule has 0 aliphatic heterocycles. The fourth-order valence-corrected chi connectivity index (χ4v) is 16.5. The van der Waals surface area contributed by atoms with E-state index < -0.39 is 97.5 Å². The number of hydrogen-bond acceptors (Lipinski definition) is 15. The molecular formula is C95H186O17P2. The van der Waals surface area contributed by atoms with Gasteiger partial charge in [-0.05, 0) is 37.5 Å². The summed E-state index contributed by atoms with van der Waals surface area (Å²) < 4.78 is 69.1. The van der Waals surface area contributed by atoms with Crippen molar-refractivity contribution in [2.24, 2.45) is 11.8 Å². The van der Waals surface area contributed by atoms with Gasteiger partial charge in [0.1, 0.15) is 19.3 Å². The van der Waals surface area contributed by atoms with Gasteiger partial charge in [0.15, 0.2) is 12.2 Å². The van der Waals surface area contributed by atoms with E-state index in [0.717, 1.165) is 102 Å². The first kappa shape index (κ1) is 112. The van der Waals surface area contributed by atoms with Gasteiger partial charge in [0.2, 0.25) is 0 Å². The van der Waals surface area contributed by atoms with Gasteiger partial charge in [0.25, 0.3) is 0 Å². The molecule has 0 radical (unpaired) electrons. The molecule has 0 heterocycles. The van der Waals surface area contributed by atoms with Crippen LogP contribution in [0.1, 0.15) is 517 Å². The number of ether oxygens (including phenoxy) is 4. The van der Waals surface area contributed by atoms with Crippen molar-refractivity contribution in [1.82, 2.24) is 0 Å². The van der Waals surface area contributed by atoms with E-state index in [4.69, 9.17) is 37.0 Å². The predicted molar refractivity (Wildman–Crippen MR) is 474 cm³/mol. The van der Waals surface area contributed by atoms with Crippen LogP contribution in [0.5, 0.6) is 0 Å². The number of phosphoric ester groups is 2. The lowest BCUT2D eigenvalue weighted by Gasteiger charge is -2.21. The van der Waals surface area contributed by atoms with Gasteiger partial charge in [-0.3, -0.25) is 37.3 Å². The van der Waals surface area contributed by atoms with Gasteiger partial charge in [-0.2, -0.15) is 0 Å². The highest BCUT2D eigenvalue weighted by molar-refractivity contribution is 7.47. The number of rotatable bonds is 94. The summed E-state index contributed by atoms with van der Waals surface area (Å²) in [6.07, 6.45) is 82.2. The SMILES string of the molecule is CCCCCCCCCCCCCCCCCCCCCCCCC(=O)O[C@H](COC(=O)CCCCCCCCCC)COP(=O)(O)OC[C@H](O)COP(=O)(O)OC[C@@H](COC(=O)CCCCCCCCCCCCCCCCCCCCC(C)CC)OC(=O)CCCCCCCCCCCCCCCCCCCCC(C)CC. The van der Waals surface area contributed by atoms with Gasteiger partial charge >= 0.3 is 39.5 Å². The third-order valence-electron chi connectivity index (χ3n) is 23.2. The molecule has 0 fully saturated rings. The highest BCUT2D eigenvalue weighted by atomic mass is 31.2. The summed E-state index contributed by atoms with van der Waals surface area (Å²) in [5.41, 5.74) is 0. The number of hydrogen-bond donors (Lipinski definition) is 3. The van der Waals surface area contributed by atoms with E-state index in [1.807, 2.05) is 0 Å². The summed E-state index contributed by atoms with van der Waals surface area (Å²) >= 11 is 0. The lowest BCUT2D eigenvalue weighted by atomic mass is 9.99. The molecule has 0 aromatic rings. The van der Waals surface area contributed by atoms with E-state index in [9.17, 15) is 43.2 Å². The zero-order chi connectivity index (χ0) is 83.4. The quantitative estimate of drug-likeness (QED) is 0.0222. The van der Waals surface area contributed by atoms with Crippen molar-refractivity contribution in [2.75, 3.05) is 39.6 Å². The van der Waals surface area contributed by atoms with Crippen LogP contribution < -0.4 is 0 Å². The third-order valence-corrected chi connectivity index (χ3v) is 25.1. The largest absolute Gasteiger partial charge is 0.472 e. The second-order valence-electron chi connectivity index (χ2n) is 34.6. The molecule has 0 saturated carbocycles. The molecule has 17 nitrogen and oxygen atoms in total. The predicted octanol–water partition coefficient (Wildman–Crippen LogP) is 29.7. The van der Waals surface area contributed by atoms with E-state index in [-0.39, 0.29) is 25.7 Å². The number of carbonyl (C=O) groups excluding carboxylic acids is 4. The first-order chi connectivity index (χ1) is 55.4. The number of esters is 4. The summed E-state index contributed by atoms with van der Waals surface area (Å²) in [6.45, 7) is 9.83. The molecule has 7 atom stereocenters. The minimum Gasteiger partial charge on any atom is -0.462 e. The second kappa shape index (κ2) is 86.0. The summed E-state index contributed by atoms with van der Waals surface area (Å²) in [6, 6.07) is 0. The molecule has 4 unspecified atom stereocenters. The average Bonchev–Trinajstić information content (AvgIpc) is 0.902. The number of phosphoric acid groups is 2. The van der Waals surface area contributed by atoms with Crippen LogP contribution in [-0.2, 0) is 65.4 Å². The molecule has 0 aliphatic carbocycles. The smallest absolute Gasteiger partial charge is 0.462 e. The van der Waals surface area contributed by atoms with Gasteiger partial charge in [0.05, 0.1) is 26.4 Å². The van der Waals surface area contributed by atoms with Crippen LogP contribution in [0.3, 0.4) is 0 Å². The van der Waals surface area contributed by atoms with Gasteiger partial charge in [-0.25, -0.2) is 9.13 Å². The van der Waals surface area contributed by atoms with Crippen LogP contribution in [-0.4, -0.2) is 96.7 Å². The Morgan fingerprint density at radius 2 is 0.421 bits per heavy atom. The zero-order valence-electron chi connectivity index (χ0n) is 75.4. The van der Waals surface area contributed by atoms with E-state index in [2.05, 4.69) is 41.5 Å². The Kier molecular flexibility index (Phi) is 84.6. The maximum atomic E-state index is 13.2. The Morgan fingerprint density at radius 1 is 0.246 bits per heavy atom. The van der Waals surface area contributed by atoms with Gasteiger partial charge in [-0.1, -0.05) is 465 Å². The van der Waals surface area contributed by atoms with Crippen molar-refractivity contribution in [3.05, 3.63) is 0 Å². The molecule has 0 aromatic heterocycles. The molecule has 0 amide bonds. The van der Waals surface area contributed by atoms with Crippen molar-refractivity contribution in [3.63, 3.8) is 0 Å². The van der Waals surface area contributed by atoms with Crippen molar-refractivity contribution in [1.29, 1.82) is 0 Å². The number of aliphatic hydroxyl groups is 1. The van der Waals surface area contributed by atoms with Crippen LogP contribution in [0.15, 0.2) is 0 Å². The molecule has 3 N–H and O–H groups in total. The fourth-order valence-electron chi connectivity index (χ4n) is 14.9. The molecule has 0 aliphatic rings. The molecule has 0 aromatic carbocycles. The zero-order valence-corrected chi connectivity index (χ0v) is 77.2. The summed E-state index contributed by atoms with van der Waals surface area (Å²) in [5.74, 6) is -0.351. The highest BCUT2D eigenvalue weighted by Gasteiger charge is 2.31. The van der Waals surface area contributed by atoms with Crippen molar-refractivity contribution in [3.8, 4) is 0 Å². The second-order valence-corrected chi connectivity index (χ2v) is 37.5. The number of aliphatic hydroxyl groups excluding tert-OH is 1. The van der Waals surface area contributed by atoms with E-state index >= 15 is 0 Å². The van der Waals surface area contributed by atoms with Crippen molar-refractivity contribution in [2.45, 2.75) is 535 Å². The Morgan fingerprint density at radius 3 is 0.623 bits per heavy atom. The number of carbonyl (C=O) groups is 4. The summed E-state index contributed by atoms with van der Waals surface area (Å²) in [7, 11) is -9.94. The van der Waals surface area contributed by atoms with E-state index in [1.54, 1.807) is 0 Å². The van der Waals surface area contributed by atoms with Gasteiger partial charge < -0.3 is 33.8 Å². The topological polar surface area (TPSA) is 237 Å². The average molecular weight is 1660 g/mol. The van der Waals surface area contributed by atoms with Gasteiger partial charge in [-0.15, -0.1) is 0 Å². The summed E-state index contributed by atoms with van der Waals surface area (Å²) in [5, 5.41) is 10.7. The molecular weight excluding hydrogens is 1470 g/mol. The van der Waals surface area contributed by atoms with E-state index in [0.29, 0.717) is 25.7 Å². The van der Waals surface area contributed by atoms with Crippen LogP contribution in [0.25, 0.3) is 0 Å². The molecule has 678 valence electrons. The minimum absolute atomic E-state index is 0.109. The maximum absolute atomic E-state index is 13.2. The third kappa shape index (κ3) is 85.1. The Hall–Kier alpha value is -1.94. The lowest BCUT2D eigenvalue weighted by molar-refractivity contribution is -0.161. The van der Waals surface area contributed by atoms with Crippen LogP contribution in [0.2, 0.25) is 0 Å². The molecule has 114 heavy (non-hydrogen) atoms. The minimum atomic E-state index is -4.97. The maximum Gasteiger partial charge on any atom is 0.472 e. The fraction of sp³-hybridized carbons (Fsp3) is 0.958. The van der Waals surface area contributed by atoms with Crippen LogP contribution in [0.4, 0.5) is 0 Å².